The van der Waals surface area contributed by atoms with Crippen LogP contribution in [0.15, 0.2) is 53.7 Å². The summed E-state index contributed by atoms with van der Waals surface area (Å²) in [5, 5.41) is 8.16. The molecule has 1 aromatic heterocycles. The third-order valence-electron chi connectivity index (χ3n) is 3.62. The SMILES string of the molecule is Nn1c(SCc2cccc(C(F)(F)F)c2)nnc1-c1ccc(OC(F)F)cc1. The highest BCUT2D eigenvalue weighted by Crippen LogP contribution is 2.31. The Balaban J connectivity index is 1.71. The highest BCUT2D eigenvalue weighted by molar-refractivity contribution is 7.98. The maximum absolute atomic E-state index is 12.8. The van der Waals surface area contributed by atoms with E-state index in [2.05, 4.69) is 14.9 Å². The molecule has 148 valence electrons. The number of aromatic nitrogens is 3. The molecule has 0 atom stereocenters. The van der Waals surface area contributed by atoms with Gasteiger partial charge in [-0.05, 0) is 35.9 Å². The van der Waals surface area contributed by atoms with Gasteiger partial charge in [0, 0.05) is 11.3 Å². The topological polar surface area (TPSA) is 66.0 Å². The predicted octanol–water partition coefficient (Wildman–Crippen LogP) is 4.57. The molecule has 0 bridgehead atoms. The van der Waals surface area contributed by atoms with Crippen molar-refractivity contribution in [3.63, 3.8) is 0 Å². The summed E-state index contributed by atoms with van der Waals surface area (Å²) in [5.41, 5.74) is 0.243. The Morgan fingerprint density at radius 1 is 1.07 bits per heavy atom. The molecule has 0 aliphatic carbocycles. The summed E-state index contributed by atoms with van der Waals surface area (Å²) in [6.07, 6.45) is -4.41. The number of halogens is 5. The minimum Gasteiger partial charge on any atom is -0.435 e. The van der Waals surface area contributed by atoms with Crippen LogP contribution in [-0.2, 0) is 11.9 Å². The molecule has 3 rings (SSSR count). The van der Waals surface area contributed by atoms with Crippen molar-refractivity contribution in [2.24, 2.45) is 0 Å². The lowest BCUT2D eigenvalue weighted by molar-refractivity contribution is -0.137. The zero-order chi connectivity index (χ0) is 20.3. The van der Waals surface area contributed by atoms with Crippen LogP contribution in [0.4, 0.5) is 22.0 Å². The highest BCUT2D eigenvalue weighted by atomic mass is 32.2. The summed E-state index contributed by atoms with van der Waals surface area (Å²) in [7, 11) is 0. The van der Waals surface area contributed by atoms with Crippen LogP contribution >= 0.6 is 11.8 Å². The standard InChI is InChI=1S/C17H13F5N4OS/c18-15(19)27-13-6-4-11(5-7-13)14-24-25-16(26(14)23)28-9-10-2-1-3-12(8-10)17(20,21)22/h1-8,15H,9,23H2. The third-order valence-corrected chi connectivity index (χ3v) is 4.64. The largest absolute Gasteiger partial charge is 0.435 e. The van der Waals surface area contributed by atoms with E-state index in [4.69, 9.17) is 5.84 Å². The molecule has 0 aliphatic rings. The molecular formula is C17H13F5N4OS. The van der Waals surface area contributed by atoms with Gasteiger partial charge in [0.1, 0.15) is 5.75 Å². The summed E-state index contributed by atoms with van der Waals surface area (Å²) in [4.78, 5) is 0. The fourth-order valence-electron chi connectivity index (χ4n) is 2.34. The molecule has 0 fully saturated rings. The van der Waals surface area contributed by atoms with E-state index >= 15 is 0 Å². The number of rotatable bonds is 6. The van der Waals surface area contributed by atoms with Gasteiger partial charge in [-0.15, -0.1) is 10.2 Å². The van der Waals surface area contributed by atoms with Crippen LogP contribution in [0, 0.1) is 0 Å². The Hall–Kier alpha value is -2.82. The number of nitrogens with two attached hydrogens (primary N) is 1. The lowest BCUT2D eigenvalue weighted by Gasteiger charge is -2.08. The van der Waals surface area contributed by atoms with E-state index in [9.17, 15) is 22.0 Å². The van der Waals surface area contributed by atoms with Crippen LogP contribution in [0.1, 0.15) is 11.1 Å². The van der Waals surface area contributed by atoms with Gasteiger partial charge in [0.25, 0.3) is 0 Å². The highest BCUT2D eigenvalue weighted by Gasteiger charge is 2.30. The van der Waals surface area contributed by atoms with Gasteiger partial charge in [-0.3, -0.25) is 0 Å². The number of nitrogens with zero attached hydrogens (tertiary/aromatic N) is 3. The van der Waals surface area contributed by atoms with Crippen molar-refractivity contribution in [2.75, 3.05) is 5.84 Å². The summed E-state index contributed by atoms with van der Waals surface area (Å²) in [6.45, 7) is -2.93. The van der Waals surface area contributed by atoms with Crippen LogP contribution in [0.25, 0.3) is 11.4 Å². The molecular weight excluding hydrogens is 403 g/mol. The molecule has 2 N–H and O–H groups in total. The molecule has 2 aromatic carbocycles. The molecule has 0 radical (unpaired) electrons. The van der Waals surface area contributed by atoms with E-state index in [1.165, 1.54) is 35.0 Å². The van der Waals surface area contributed by atoms with Crippen molar-refractivity contribution in [2.45, 2.75) is 23.7 Å². The minimum absolute atomic E-state index is 0.0130. The molecule has 5 nitrogen and oxygen atoms in total. The van der Waals surface area contributed by atoms with E-state index < -0.39 is 18.4 Å². The van der Waals surface area contributed by atoms with Crippen LogP contribution in [0.3, 0.4) is 0 Å². The Morgan fingerprint density at radius 3 is 2.43 bits per heavy atom. The predicted molar refractivity (Wildman–Crippen MR) is 93.2 cm³/mol. The maximum atomic E-state index is 12.8. The van der Waals surface area contributed by atoms with Crippen molar-refractivity contribution in [1.82, 2.24) is 14.9 Å². The number of hydrogen-bond acceptors (Lipinski definition) is 5. The first-order chi connectivity index (χ1) is 13.2. The summed E-state index contributed by atoms with van der Waals surface area (Å²) < 4.78 is 68.2. The Labute approximate surface area is 160 Å². The van der Waals surface area contributed by atoms with E-state index in [1.54, 1.807) is 6.07 Å². The molecule has 3 aromatic rings. The summed E-state index contributed by atoms with van der Waals surface area (Å²) in [6, 6.07) is 10.6. The number of ether oxygens (including phenoxy) is 1. The van der Waals surface area contributed by atoms with Gasteiger partial charge in [-0.25, -0.2) is 4.68 Å². The molecule has 0 aliphatic heterocycles. The first-order valence-corrected chi connectivity index (χ1v) is 8.77. The Kier molecular flexibility index (Phi) is 5.73. The zero-order valence-corrected chi connectivity index (χ0v) is 14.8. The van der Waals surface area contributed by atoms with Gasteiger partial charge >= 0.3 is 12.8 Å². The van der Waals surface area contributed by atoms with Gasteiger partial charge in [-0.2, -0.15) is 22.0 Å². The molecule has 0 amide bonds. The fraction of sp³-hybridized carbons (Fsp3) is 0.176. The molecule has 0 spiro atoms. The van der Waals surface area contributed by atoms with Crippen molar-refractivity contribution in [3.8, 4) is 17.1 Å². The van der Waals surface area contributed by atoms with E-state index in [-0.39, 0.29) is 17.3 Å². The van der Waals surface area contributed by atoms with Crippen LogP contribution in [0.5, 0.6) is 5.75 Å². The molecule has 0 saturated heterocycles. The number of thioether (sulfide) groups is 1. The normalized spacial score (nSPS) is 11.8. The van der Waals surface area contributed by atoms with E-state index in [0.29, 0.717) is 16.3 Å². The second-order valence-electron chi connectivity index (χ2n) is 5.57. The van der Waals surface area contributed by atoms with Gasteiger partial charge in [0.15, 0.2) is 5.82 Å². The van der Waals surface area contributed by atoms with Crippen LogP contribution < -0.4 is 10.6 Å². The molecule has 0 unspecified atom stereocenters. The maximum Gasteiger partial charge on any atom is 0.416 e. The average molecular weight is 416 g/mol. The lowest BCUT2D eigenvalue weighted by atomic mass is 10.1. The number of benzene rings is 2. The Morgan fingerprint density at radius 2 is 1.79 bits per heavy atom. The second kappa shape index (κ2) is 8.05. The lowest BCUT2D eigenvalue weighted by Crippen LogP contribution is -2.11. The molecule has 28 heavy (non-hydrogen) atoms. The molecule has 1 heterocycles. The first kappa shape index (κ1) is 19.9. The summed E-state index contributed by atoms with van der Waals surface area (Å²) >= 11 is 1.12. The van der Waals surface area contributed by atoms with Gasteiger partial charge in [0.2, 0.25) is 5.16 Å². The van der Waals surface area contributed by atoms with Crippen molar-refractivity contribution >= 4 is 11.8 Å². The minimum atomic E-state index is -4.41. The van der Waals surface area contributed by atoms with Gasteiger partial charge in [0.05, 0.1) is 5.56 Å². The van der Waals surface area contributed by atoms with Crippen molar-refractivity contribution < 1.29 is 26.7 Å². The first-order valence-electron chi connectivity index (χ1n) is 7.78. The van der Waals surface area contributed by atoms with Crippen LogP contribution in [-0.4, -0.2) is 21.5 Å². The second-order valence-corrected chi connectivity index (χ2v) is 6.51. The van der Waals surface area contributed by atoms with E-state index in [0.717, 1.165) is 23.9 Å². The smallest absolute Gasteiger partial charge is 0.416 e. The van der Waals surface area contributed by atoms with Crippen LogP contribution in [0.2, 0.25) is 0 Å². The summed E-state index contributed by atoms with van der Waals surface area (Å²) in [5.74, 6) is 6.43. The van der Waals surface area contributed by atoms with Crippen molar-refractivity contribution in [3.05, 3.63) is 59.7 Å². The fourth-order valence-corrected chi connectivity index (χ4v) is 3.14. The molecule has 0 saturated carbocycles. The molecule has 11 heteroatoms. The van der Waals surface area contributed by atoms with E-state index in [1.807, 2.05) is 0 Å². The average Bonchev–Trinajstić information content (AvgIpc) is 3.00. The third kappa shape index (κ3) is 4.71. The quantitative estimate of drug-likeness (QED) is 0.362. The van der Waals surface area contributed by atoms with Crippen molar-refractivity contribution in [1.29, 1.82) is 0 Å². The Bertz CT molecular complexity index is 943. The van der Waals surface area contributed by atoms with Gasteiger partial charge < -0.3 is 10.6 Å². The van der Waals surface area contributed by atoms with Gasteiger partial charge in [-0.1, -0.05) is 30.0 Å². The number of alkyl halides is 5. The zero-order valence-electron chi connectivity index (χ0n) is 14.0. The number of hydrogen-bond donors (Lipinski definition) is 1. The number of nitrogen functional groups attached to an aromatic ring is 1. The monoisotopic (exact) mass is 416 g/mol.